The standard InChI is InChI=1S/C36H64O2/c1-4-6-8-10-12-14-15-17-19-26-32-36(3,31-25-18-16-13-11-9-7-5-2)33-38-35(37)30-24-23-29-34-27-21-20-22-28-34/h20-22,27-28H,4-19,23-26,29-33H2,1-3H3. The second kappa shape index (κ2) is 24.7. The summed E-state index contributed by atoms with van der Waals surface area (Å²) in [6, 6.07) is 10.6. The fourth-order valence-electron chi connectivity index (χ4n) is 5.56. The molecular weight excluding hydrogens is 464 g/mol. The molecule has 0 aliphatic carbocycles. The van der Waals surface area contributed by atoms with Crippen molar-refractivity contribution >= 4 is 5.97 Å². The molecule has 1 unspecified atom stereocenters. The van der Waals surface area contributed by atoms with Gasteiger partial charge in [0.2, 0.25) is 0 Å². The highest BCUT2D eigenvalue weighted by Gasteiger charge is 2.25. The molecule has 0 aromatic heterocycles. The molecule has 0 fully saturated rings. The van der Waals surface area contributed by atoms with Crippen molar-refractivity contribution in [1.82, 2.24) is 0 Å². The minimum atomic E-state index is 0.00304. The summed E-state index contributed by atoms with van der Waals surface area (Å²) in [5.41, 5.74) is 1.50. The number of ether oxygens (including phenoxy) is 1. The molecule has 0 heterocycles. The third kappa shape index (κ3) is 20.6. The Kier molecular flexibility index (Phi) is 22.6. The highest BCUT2D eigenvalue weighted by molar-refractivity contribution is 5.69. The van der Waals surface area contributed by atoms with Gasteiger partial charge in [-0.25, -0.2) is 0 Å². The molecule has 1 aromatic rings. The van der Waals surface area contributed by atoms with Gasteiger partial charge in [0, 0.05) is 11.8 Å². The van der Waals surface area contributed by atoms with Gasteiger partial charge in [0.1, 0.15) is 0 Å². The van der Waals surface area contributed by atoms with Crippen LogP contribution < -0.4 is 0 Å². The number of hydrogen-bond acceptors (Lipinski definition) is 2. The molecule has 2 heteroatoms. The first-order valence-electron chi connectivity index (χ1n) is 16.8. The number of benzene rings is 1. The lowest BCUT2D eigenvalue weighted by molar-refractivity contribution is -0.147. The van der Waals surface area contributed by atoms with E-state index in [9.17, 15) is 4.79 Å². The number of unbranched alkanes of at least 4 members (excludes halogenated alkanes) is 17. The first-order valence-corrected chi connectivity index (χ1v) is 16.8. The van der Waals surface area contributed by atoms with Gasteiger partial charge in [0.15, 0.2) is 0 Å². The summed E-state index contributed by atoms with van der Waals surface area (Å²) < 4.78 is 5.89. The number of hydrogen-bond donors (Lipinski definition) is 0. The zero-order valence-electron chi connectivity index (χ0n) is 25.9. The summed E-state index contributed by atoms with van der Waals surface area (Å²) in [6.07, 6.45) is 30.5. The quantitative estimate of drug-likeness (QED) is 0.0838. The molecular formula is C36H64O2. The van der Waals surface area contributed by atoms with E-state index in [2.05, 4.69) is 51.1 Å². The van der Waals surface area contributed by atoms with Crippen molar-refractivity contribution in [1.29, 1.82) is 0 Å². The Balaban J connectivity index is 2.29. The van der Waals surface area contributed by atoms with Crippen molar-refractivity contribution in [3.05, 3.63) is 35.9 Å². The van der Waals surface area contributed by atoms with E-state index in [1.165, 1.54) is 134 Å². The van der Waals surface area contributed by atoms with E-state index in [4.69, 9.17) is 4.74 Å². The van der Waals surface area contributed by atoms with Gasteiger partial charge >= 0.3 is 5.97 Å². The number of rotatable bonds is 27. The highest BCUT2D eigenvalue weighted by atomic mass is 16.5. The van der Waals surface area contributed by atoms with E-state index >= 15 is 0 Å². The van der Waals surface area contributed by atoms with Crippen LogP contribution in [-0.2, 0) is 16.0 Å². The fourth-order valence-corrected chi connectivity index (χ4v) is 5.56. The molecule has 0 bridgehead atoms. The van der Waals surface area contributed by atoms with E-state index in [1.807, 2.05) is 0 Å². The second-order valence-electron chi connectivity index (χ2n) is 12.3. The van der Waals surface area contributed by atoms with E-state index in [1.54, 1.807) is 0 Å². The van der Waals surface area contributed by atoms with Gasteiger partial charge in [-0.05, 0) is 37.7 Å². The van der Waals surface area contributed by atoms with Crippen molar-refractivity contribution in [3.63, 3.8) is 0 Å². The zero-order valence-corrected chi connectivity index (χ0v) is 25.9. The minimum absolute atomic E-state index is 0.00304. The van der Waals surface area contributed by atoms with Crippen molar-refractivity contribution in [2.45, 2.75) is 175 Å². The number of carbonyl (C=O) groups is 1. The van der Waals surface area contributed by atoms with E-state index in [-0.39, 0.29) is 11.4 Å². The monoisotopic (exact) mass is 528 g/mol. The van der Waals surface area contributed by atoms with E-state index in [0.717, 1.165) is 19.3 Å². The molecule has 0 amide bonds. The predicted molar refractivity (Wildman–Crippen MR) is 167 cm³/mol. The van der Waals surface area contributed by atoms with Crippen LogP contribution in [0.3, 0.4) is 0 Å². The smallest absolute Gasteiger partial charge is 0.305 e. The molecule has 0 N–H and O–H groups in total. The van der Waals surface area contributed by atoms with Gasteiger partial charge in [0.25, 0.3) is 0 Å². The maximum absolute atomic E-state index is 12.5. The highest BCUT2D eigenvalue weighted by Crippen LogP contribution is 2.32. The average Bonchev–Trinajstić information content (AvgIpc) is 2.93. The van der Waals surface area contributed by atoms with Crippen LogP contribution >= 0.6 is 0 Å². The van der Waals surface area contributed by atoms with Crippen LogP contribution in [0.4, 0.5) is 0 Å². The average molecular weight is 529 g/mol. The Morgan fingerprint density at radius 2 is 1.05 bits per heavy atom. The van der Waals surface area contributed by atoms with Crippen LogP contribution in [0.25, 0.3) is 0 Å². The molecule has 0 spiro atoms. The summed E-state index contributed by atoms with van der Waals surface area (Å²) >= 11 is 0. The first kappa shape index (κ1) is 34.7. The van der Waals surface area contributed by atoms with Gasteiger partial charge in [0.05, 0.1) is 6.61 Å². The van der Waals surface area contributed by atoms with Gasteiger partial charge in [-0.3, -0.25) is 4.79 Å². The van der Waals surface area contributed by atoms with Crippen LogP contribution in [0.15, 0.2) is 30.3 Å². The summed E-state index contributed by atoms with van der Waals surface area (Å²) in [7, 11) is 0. The molecule has 1 atom stereocenters. The lowest BCUT2D eigenvalue weighted by atomic mass is 9.80. The Morgan fingerprint density at radius 1 is 0.605 bits per heavy atom. The zero-order chi connectivity index (χ0) is 27.6. The van der Waals surface area contributed by atoms with Crippen molar-refractivity contribution in [3.8, 4) is 0 Å². The van der Waals surface area contributed by atoms with E-state index < -0.39 is 0 Å². The third-order valence-corrected chi connectivity index (χ3v) is 8.29. The molecule has 0 radical (unpaired) electrons. The largest absolute Gasteiger partial charge is 0.465 e. The van der Waals surface area contributed by atoms with Crippen molar-refractivity contribution in [2.24, 2.45) is 5.41 Å². The minimum Gasteiger partial charge on any atom is -0.465 e. The molecule has 1 aromatic carbocycles. The molecule has 0 aliphatic heterocycles. The number of aryl methyl sites for hydroxylation is 1. The molecule has 0 aliphatic rings. The molecule has 0 saturated carbocycles. The summed E-state index contributed by atoms with van der Waals surface area (Å²) in [5.74, 6) is 0.00304. The maximum Gasteiger partial charge on any atom is 0.305 e. The Labute approximate surface area is 238 Å². The van der Waals surface area contributed by atoms with Crippen LogP contribution in [0.5, 0.6) is 0 Å². The molecule has 0 saturated heterocycles. The van der Waals surface area contributed by atoms with Crippen LogP contribution in [0.1, 0.15) is 174 Å². The first-order chi connectivity index (χ1) is 18.6. The van der Waals surface area contributed by atoms with Crippen molar-refractivity contribution in [2.75, 3.05) is 6.61 Å². The van der Waals surface area contributed by atoms with Crippen LogP contribution in [-0.4, -0.2) is 12.6 Å². The van der Waals surface area contributed by atoms with Crippen molar-refractivity contribution < 1.29 is 9.53 Å². The summed E-state index contributed by atoms with van der Waals surface area (Å²) in [6.45, 7) is 7.56. The Hall–Kier alpha value is -1.31. The molecule has 2 nitrogen and oxygen atoms in total. The lowest BCUT2D eigenvalue weighted by Gasteiger charge is -2.29. The van der Waals surface area contributed by atoms with E-state index in [0.29, 0.717) is 13.0 Å². The van der Waals surface area contributed by atoms with Gasteiger partial charge < -0.3 is 4.74 Å². The number of carbonyl (C=O) groups excluding carboxylic acids is 1. The summed E-state index contributed by atoms with van der Waals surface area (Å²) in [4.78, 5) is 12.5. The fraction of sp³-hybridized carbons (Fsp3) is 0.806. The lowest BCUT2D eigenvalue weighted by Crippen LogP contribution is -2.25. The third-order valence-electron chi connectivity index (χ3n) is 8.29. The van der Waals surface area contributed by atoms with Gasteiger partial charge in [-0.2, -0.15) is 0 Å². The maximum atomic E-state index is 12.5. The topological polar surface area (TPSA) is 26.3 Å². The SMILES string of the molecule is CCCCCCCCCCCCC(C)(CCCCCCCCCC)COC(=O)CCCCc1ccccc1. The molecule has 38 heavy (non-hydrogen) atoms. The normalized spacial score (nSPS) is 12.9. The predicted octanol–water partition coefficient (Wildman–Crippen LogP) is 11.8. The van der Waals surface area contributed by atoms with Crippen LogP contribution in [0, 0.1) is 5.41 Å². The van der Waals surface area contributed by atoms with Gasteiger partial charge in [-0.1, -0.05) is 167 Å². The van der Waals surface area contributed by atoms with Crippen LogP contribution in [0.2, 0.25) is 0 Å². The molecule has 220 valence electrons. The Bertz CT molecular complexity index is 640. The second-order valence-corrected chi connectivity index (χ2v) is 12.3. The molecule has 1 rings (SSSR count). The summed E-state index contributed by atoms with van der Waals surface area (Å²) in [5, 5.41) is 0. The Morgan fingerprint density at radius 3 is 1.53 bits per heavy atom. The number of esters is 1. The van der Waals surface area contributed by atoms with Gasteiger partial charge in [-0.15, -0.1) is 0 Å².